The normalized spacial score (nSPS) is 13.1. The van der Waals surface area contributed by atoms with E-state index in [0.29, 0.717) is 0 Å². The first-order chi connectivity index (χ1) is 28.8. The zero-order chi connectivity index (χ0) is 43.2. The van der Waals surface area contributed by atoms with E-state index in [9.17, 15) is 29.1 Å². The Kier molecular flexibility index (Phi) is 19.4. The second kappa shape index (κ2) is 24.9. The number of aliphatic hydroxyl groups excluding tert-OH is 1. The number of aliphatic hydroxyl groups is 1. The number of benzene rings is 4. The Morgan fingerprint density at radius 1 is 0.567 bits per heavy atom. The van der Waals surface area contributed by atoms with Crippen molar-refractivity contribution in [2.24, 2.45) is 0 Å². The maximum atomic E-state index is 13.5. The van der Waals surface area contributed by atoms with Crippen molar-refractivity contribution in [2.45, 2.75) is 90.1 Å². The van der Waals surface area contributed by atoms with Gasteiger partial charge in [0.15, 0.2) is 6.29 Å². The van der Waals surface area contributed by atoms with E-state index in [1.54, 1.807) is 81.4 Å². The topological polar surface area (TPSA) is 188 Å². The van der Waals surface area contributed by atoms with E-state index in [2.05, 4.69) is 16.0 Å². The van der Waals surface area contributed by atoms with Gasteiger partial charge in [0.1, 0.15) is 37.5 Å². The second-order valence-electron chi connectivity index (χ2n) is 14.6. The zero-order valence-corrected chi connectivity index (χ0v) is 34.8. The first-order valence-electron chi connectivity index (χ1n) is 19.4. The molecule has 0 spiro atoms. The van der Waals surface area contributed by atoms with E-state index in [1.807, 2.05) is 60.7 Å². The van der Waals surface area contributed by atoms with Crippen LogP contribution < -0.4 is 16.0 Å². The van der Waals surface area contributed by atoms with Gasteiger partial charge in [0.2, 0.25) is 5.91 Å². The van der Waals surface area contributed by atoms with Crippen LogP contribution in [-0.4, -0.2) is 76.7 Å². The lowest BCUT2D eigenvalue weighted by Crippen LogP contribution is -2.48. The summed E-state index contributed by atoms with van der Waals surface area (Å²) in [5.74, 6) is -2.14. The minimum absolute atomic E-state index is 0.00619. The van der Waals surface area contributed by atoms with Gasteiger partial charge in [-0.15, -0.1) is 0 Å². The standard InChI is InChI=1S/C45H53N3O11S/c1-45(2,3)59-44(54)47-36(40(50)55-26-32-16-8-4-9-17-32)24-25-39(49)46-37(41(51)56-27-33-18-10-5-11-19-33)30-60-31-38(42(52)57-28-34-20-12-6-13-21-34)48-43(53)58-29-35-22-14-7-15-23-35/h4-23,36-38,42,52H,24-31H2,1-3H3,(H,46,49)(H,47,54)(H,48,53)/t36-,37-,38+,42?/m1/s1. The Balaban J connectivity index is 1.42. The van der Waals surface area contributed by atoms with Crippen LogP contribution in [0.5, 0.6) is 0 Å². The number of nitrogens with one attached hydrogen (secondary N) is 3. The predicted octanol–water partition coefficient (Wildman–Crippen LogP) is 6.19. The summed E-state index contributed by atoms with van der Waals surface area (Å²) in [5, 5.41) is 18.9. The number of alkyl carbamates (subject to hydrolysis) is 2. The molecule has 4 rings (SSSR count). The third kappa shape index (κ3) is 18.4. The summed E-state index contributed by atoms with van der Waals surface area (Å²) in [5.41, 5.74) is 2.16. The highest BCUT2D eigenvalue weighted by Crippen LogP contribution is 2.15. The molecule has 0 fully saturated rings. The zero-order valence-electron chi connectivity index (χ0n) is 34.0. The van der Waals surface area contributed by atoms with Crippen molar-refractivity contribution >= 4 is 41.8 Å². The Hall–Kier alpha value is -5.90. The van der Waals surface area contributed by atoms with Crippen molar-refractivity contribution in [3.8, 4) is 0 Å². The van der Waals surface area contributed by atoms with Crippen molar-refractivity contribution in [2.75, 3.05) is 11.5 Å². The van der Waals surface area contributed by atoms with Crippen LogP contribution in [0.4, 0.5) is 9.59 Å². The van der Waals surface area contributed by atoms with Gasteiger partial charge in [-0.1, -0.05) is 121 Å². The van der Waals surface area contributed by atoms with Gasteiger partial charge in [-0.25, -0.2) is 19.2 Å². The van der Waals surface area contributed by atoms with E-state index < -0.39 is 60.0 Å². The first kappa shape index (κ1) is 46.8. The highest BCUT2D eigenvalue weighted by atomic mass is 32.2. The molecule has 0 bridgehead atoms. The van der Waals surface area contributed by atoms with Crippen LogP contribution in [-0.2, 0) is 64.5 Å². The molecular formula is C45H53N3O11S. The van der Waals surface area contributed by atoms with Crippen molar-refractivity contribution in [3.63, 3.8) is 0 Å². The first-order valence-corrected chi connectivity index (χ1v) is 20.6. The van der Waals surface area contributed by atoms with E-state index in [0.717, 1.165) is 34.0 Å². The third-order valence-corrected chi connectivity index (χ3v) is 9.57. The van der Waals surface area contributed by atoms with Crippen LogP contribution in [0.3, 0.4) is 0 Å². The minimum atomic E-state index is -1.48. The molecule has 3 amide bonds. The van der Waals surface area contributed by atoms with Gasteiger partial charge in [0.25, 0.3) is 0 Å². The summed E-state index contributed by atoms with van der Waals surface area (Å²) in [6.45, 7) is 4.95. The number of hydrogen-bond donors (Lipinski definition) is 4. The molecule has 14 nitrogen and oxygen atoms in total. The molecule has 0 aromatic heterocycles. The van der Waals surface area contributed by atoms with E-state index in [-0.39, 0.29) is 50.8 Å². The van der Waals surface area contributed by atoms with Crippen molar-refractivity contribution in [1.29, 1.82) is 0 Å². The van der Waals surface area contributed by atoms with Crippen LogP contribution in [0, 0.1) is 0 Å². The van der Waals surface area contributed by atoms with Crippen molar-refractivity contribution in [3.05, 3.63) is 144 Å². The molecule has 15 heteroatoms. The fourth-order valence-corrected chi connectivity index (χ4v) is 6.46. The molecule has 4 aromatic rings. The quantitative estimate of drug-likeness (QED) is 0.0400. The van der Waals surface area contributed by atoms with Gasteiger partial charge in [-0.3, -0.25) is 4.79 Å². The lowest BCUT2D eigenvalue weighted by atomic mass is 10.1. The molecule has 320 valence electrons. The van der Waals surface area contributed by atoms with Gasteiger partial charge in [-0.05, 0) is 49.4 Å². The predicted molar refractivity (Wildman–Crippen MR) is 225 cm³/mol. The van der Waals surface area contributed by atoms with Crippen molar-refractivity contribution < 1.29 is 52.8 Å². The molecule has 0 aliphatic rings. The second-order valence-corrected chi connectivity index (χ2v) is 15.7. The summed E-state index contributed by atoms with van der Waals surface area (Å²) in [4.78, 5) is 65.7. The maximum Gasteiger partial charge on any atom is 0.408 e. The lowest BCUT2D eigenvalue weighted by Gasteiger charge is -2.25. The molecule has 4 atom stereocenters. The Bertz CT molecular complexity index is 1920. The number of carbonyl (C=O) groups excluding carboxylic acids is 5. The fraction of sp³-hybridized carbons (Fsp3) is 0.356. The highest BCUT2D eigenvalue weighted by molar-refractivity contribution is 7.99. The molecule has 4 aromatic carbocycles. The SMILES string of the molecule is CC(C)(C)OC(=O)N[C@H](CCC(=O)N[C@H](CSC[C@H](NC(=O)OCc1ccccc1)C(O)OCc1ccccc1)C(=O)OCc1ccccc1)C(=O)OCc1ccccc1. The molecule has 0 saturated carbocycles. The van der Waals surface area contributed by atoms with E-state index in [1.165, 1.54) is 0 Å². The van der Waals surface area contributed by atoms with Crippen LogP contribution in [0.2, 0.25) is 0 Å². The highest BCUT2D eigenvalue weighted by Gasteiger charge is 2.29. The molecule has 60 heavy (non-hydrogen) atoms. The van der Waals surface area contributed by atoms with Crippen LogP contribution in [0.15, 0.2) is 121 Å². The fourth-order valence-electron chi connectivity index (χ4n) is 5.36. The smallest absolute Gasteiger partial charge is 0.408 e. The van der Waals surface area contributed by atoms with Gasteiger partial charge in [-0.2, -0.15) is 11.8 Å². The van der Waals surface area contributed by atoms with Gasteiger partial charge >= 0.3 is 24.1 Å². The van der Waals surface area contributed by atoms with Crippen LogP contribution >= 0.6 is 11.8 Å². The molecule has 0 aliphatic heterocycles. The van der Waals surface area contributed by atoms with E-state index in [4.69, 9.17) is 23.7 Å². The Morgan fingerprint density at radius 2 is 1.02 bits per heavy atom. The molecule has 0 saturated heterocycles. The molecule has 0 aliphatic carbocycles. The number of rotatable bonds is 22. The molecule has 0 radical (unpaired) electrons. The number of esters is 2. The van der Waals surface area contributed by atoms with Gasteiger partial charge < -0.3 is 44.7 Å². The number of carbonyl (C=O) groups is 5. The maximum absolute atomic E-state index is 13.5. The lowest BCUT2D eigenvalue weighted by molar-refractivity contribution is -0.149. The van der Waals surface area contributed by atoms with Crippen molar-refractivity contribution in [1.82, 2.24) is 16.0 Å². The molecule has 0 heterocycles. The Labute approximate surface area is 354 Å². The van der Waals surface area contributed by atoms with Gasteiger partial charge in [0, 0.05) is 17.9 Å². The largest absolute Gasteiger partial charge is 0.459 e. The summed E-state index contributed by atoms with van der Waals surface area (Å²) in [6, 6.07) is 32.8. The number of hydrogen-bond acceptors (Lipinski definition) is 12. The van der Waals surface area contributed by atoms with Gasteiger partial charge in [0.05, 0.1) is 12.6 Å². The monoisotopic (exact) mass is 843 g/mol. The summed E-state index contributed by atoms with van der Waals surface area (Å²) < 4.78 is 27.5. The molecule has 4 N–H and O–H groups in total. The third-order valence-electron chi connectivity index (χ3n) is 8.41. The average molecular weight is 844 g/mol. The summed E-state index contributed by atoms with van der Waals surface area (Å²) >= 11 is 1.14. The number of amides is 3. The van der Waals surface area contributed by atoms with Crippen LogP contribution in [0.25, 0.3) is 0 Å². The molecular weight excluding hydrogens is 791 g/mol. The number of ether oxygens (including phenoxy) is 5. The summed E-state index contributed by atoms with van der Waals surface area (Å²) in [6.07, 6.45) is -3.62. The average Bonchev–Trinajstić information content (AvgIpc) is 3.24. The Morgan fingerprint density at radius 3 is 1.50 bits per heavy atom. The number of thioether (sulfide) groups is 1. The van der Waals surface area contributed by atoms with Crippen LogP contribution in [0.1, 0.15) is 55.9 Å². The molecule has 1 unspecified atom stereocenters. The summed E-state index contributed by atoms with van der Waals surface area (Å²) in [7, 11) is 0. The van der Waals surface area contributed by atoms with E-state index >= 15 is 0 Å². The minimum Gasteiger partial charge on any atom is -0.459 e.